The molecule has 1 fully saturated rings. The Hall–Kier alpha value is -2.67. The molecule has 0 saturated carbocycles. The predicted octanol–water partition coefficient (Wildman–Crippen LogP) is 0.378. The van der Waals surface area contributed by atoms with Crippen molar-refractivity contribution in [1.82, 2.24) is 0 Å². The van der Waals surface area contributed by atoms with Gasteiger partial charge in [-0.25, -0.2) is 0 Å². The first-order chi connectivity index (χ1) is 10.5. The summed E-state index contributed by atoms with van der Waals surface area (Å²) in [6.45, 7) is 0. The second-order valence-corrected chi connectivity index (χ2v) is 5.27. The molecule has 0 aliphatic carbocycles. The van der Waals surface area contributed by atoms with Gasteiger partial charge in [0.05, 0.1) is 18.1 Å². The lowest BCUT2D eigenvalue weighted by Crippen LogP contribution is -2.39. The highest BCUT2D eigenvalue weighted by atomic mass is 16.5. The molecule has 1 aromatic rings. The number of carbonyl (C=O) groups excluding carboxylic acids is 2. The summed E-state index contributed by atoms with van der Waals surface area (Å²) >= 11 is 0. The van der Waals surface area contributed by atoms with E-state index < -0.39 is 41.8 Å². The highest BCUT2D eigenvalue weighted by Crippen LogP contribution is 2.39. The number of primary amides is 1. The minimum atomic E-state index is -1.05. The number of ether oxygens (including phenoxy) is 1. The zero-order valence-electron chi connectivity index (χ0n) is 11.4. The normalized spacial score (nSPS) is 28.5. The molecule has 3 rings (SSSR count). The second kappa shape index (κ2) is 5.27. The summed E-state index contributed by atoms with van der Waals surface area (Å²) in [4.78, 5) is 34.7. The van der Waals surface area contributed by atoms with Gasteiger partial charge in [-0.05, 0) is 24.3 Å². The Morgan fingerprint density at radius 2 is 1.64 bits per heavy atom. The molecule has 114 valence electrons. The maximum Gasteiger partial charge on any atom is 0.310 e. The van der Waals surface area contributed by atoms with E-state index in [9.17, 15) is 19.5 Å². The molecule has 22 heavy (non-hydrogen) atoms. The van der Waals surface area contributed by atoms with Crippen LogP contribution >= 0.6 is 0 Å². The number of hydrogen-bond donors (Lipinski definition) is 3. The van der Waals surface area contributed by atoms with E-state index >= 15 is 0 Å². The van der Waals surface area contributed by atoms with Gasteiger partial charge in [0.15, 0.2) is 0 Å². The van der Waals surface area contributed by atoms with Crippen LogP contribution < -0.4 is 11.1 Å². The van der Waals surface area contributed by atoms with E-state index in [1.54, 1.807) is 12.2 Å². The van der Waals surface area contributed by atoms with Crippen molar-refractivity contribution in [2.45, 2.75) is 12.2 Å². The van der Waals surface area contributed by atoms with Crippen LogP contribution in [0.2, 0.25) is 0 Å². The van der Waals surface area contributed by atoms with Crippen molar-refractivity contribution in [3.05, 3.63) is 42.0 Å². The van der Waals surface area contributed by atoms with E-state index in [1.807, 2.05) is 0 Å². The van der Waals surface area contributed by atoms with E-state index in [4.69, 9.17) is 10.5 Å². The van der Waals surface area contributed by atoms with Gasteiger partial charge in [-0.1, -0.05) is 12.2 Å². The highest BCUT2D eigenvalue weighted by molar-refractivity contribution is 5.97. The number of hydrogen-bond acceptors (Lipinski definition) is 4. The average Bonchev–Trinajstić information content (AvgIpc) is 3.08. The number of fused-ring (bicyclic) bond motifs is 2. The van der Waals surface area contributed by atoms with Crippen LogP contribution in [0.25, 0.3) is 0 Å². The van der Waals surface area contributed by atoms with Crippen LogP contribution in [0.3, 0.4) is 0 Å². The molecule has 4 N–H and O–H groups in total. The first-order valence-electron chi connectivity index (χ1n) is 6.74. The topological polar surface area (TPSA) is 119 Å². The summed E-state index contributed by atoms with van der Waals surface area (Å²) < 4.78 is 5.45. The standard InChI is InChI=1S/C15H14N2O5/c16-13(18)7-1-3-8(4-2-7)17-14(19)11-9-5-6-10(22-9)12(11)15(20)21/h1-6,9-12H,(H2,16,18)(H,17,19)(H,20,21)/t9-,10-,11-,12+/m1/s1. The summed E-state index contributed by atoms with van der Waals surface area (Å²) in [5.41, 5.74) is 5.93. The highest BCUT2D eigenvalue weighted by Gasteiger charge is 2.53. The number of rotatable bonds is 4. The van der Waals surface area contributed by atoms with Crippen molar-refractivity contribution in [3.8, 4) is 0 Å². The molecular weight excluding hydrogens is 288 g/mol. The molecule has 1 aromatic carbocycles. The van der Waals surface area contributed by atoms with Crippen molar-refractivity contribution in [2.24, 2.45) is 17.6 Å². The number of carboxylic acids is 1. The summed E-state index contributed by atoms with van der Waals surface area (Å²) in [6, 6.07) is 6.06. The maximum absolute atomic E-state index is 12.4. The van der Waals surface area contributed by atoms with Gasteiger partial charge >= 0.3 is 5.97 Å². The maximum atomic E-state index is 12.4. The smallest absolute Gasteiger partial charge is 0.310 e. The molecule has 7 nitrogen and oxygen atoms in total. The van der Waals surface area contributed by atoms with E-state index in [0.29, 0.717) is 11.3 Å². The number of amides is 2. The molecule has 0 unspecified atom stereocenters. The fourth-order valence-corrected chi connectivity index (χ4v) is 2.86. The van der Waals surface area contributed by atoms with Crippen LogP contribution in [0.1, 0.15) is 10.4 Å². The van der Waals surface area contributed by atoms with Crippen LogP contribution in [0, 0.1) is 11.8 Å². The summed E-state index contributed by atoms with van der Waals surface area (Å²) in [7, 11) is 0. The Kier molecular flexibility index (Phi) is 3.42. The van der Waals surface area contributed by atoms with E-state index in [2.05, 4.69) is 5.32 Å². The molecule has 2 heterocycles. The van der Waals surface area contributed by atoms with Gasteiger partial charge in [0.1, 0.15) is 5.92 Å². The quantitative estimate of drug-likeness (QED) is 0.695. The number of nitrogens with one attached hydrogen (secondary N) is 1. The molecule has 2 aliphatic rings. The number of anilines is 1. The Labute approximate surface area is 125 Å². The van der Waals surface area contributed by atoms with E-state index in [0.717, 1.165) is 0 Å². The molecule has 7 heteroatoms. The van der Waals surface area contributed by atoms with Gasteiger partial charge < -0.3 is 20.9 Å². The molecule has 1 saturated heterocycles. The zero-order valence-corrected chi connectivity index (χ0v) is 11.4. The van der Waals surface area contributed by atoms with Crippen LogP contribution in [-0.4, -0.2) is 35.1 Å². The van der Waals surface area contributed by atoms with Gasteiger partial charge in [-0.3, -0.25) is 14.4 Å². The third-order valence-electron chi connectivity index (χ3n) is 3.92. The first kappa shape index (κ1) is 14.3. The van der Waals surface area contributed by atoms with Gasteiger partial charge in [-0.2, -0.15) is 0 Å². The third kappa shape index (κ3) is 2.35. The number of carboxylic acid groups (broad SMARTS) is 1. The van der Waals surface area contributed by atoms with Crippen LogP contribution in [0.5, 0.6) is 0 Å². The summed E-state index contributed by atoms with van der Waals surface area (Å²) in [6.07, 6.45) is 2.31. The minimum absolute atomic E-state index is 0.326. The van der Waals surface area contributed by atoms with Crippen LogP contribution in [0.4, 0.5) is 5.69 Å². The monoisotopic (exact) mass is 302 g/mol. The molecule has 2 aliphatic heterocycles. The molecule has 0 radical (unpaired) electrons. The Morgan fingerprint density at radius 3 is 2.18 bits per heavy atom. The van der Waals surface area contributed by atoms with Crippen molar-refractivity contribution in [3.63, 3.8) is 0 Å². The van der Waals surface area contributed by atoms with Crippen molar-refractivity contribution in [1.29, 1.82) is 0 Å². The molecule has 2 amide bonds. The first-order valence-corrected chi connectivity index (χ1v) is 6.74. The summed E-state index contributed by atoms with van der Waals surface area (Å²) in [5, 5.41) is 11.9. The largest absolute Gasteiger partial charge is 0.481 e. The van der Waals surface area contributed by atoms with Gasteiger partial charge in [0, 0.05) is 11.3 Å². The van der Waals surface area contributed by atoms with Crippen LogP contribution in [-0.2, 0) is 14.3 Å². The van der Waals surface area contributed by atoms with E-state index in [1.165, 1.54) is 24.3 Å². The van der Waals surface area contributed by atoms with Crippen molar-refractivity contribution >= 4 is 23.5 Å². The van der Waals surface area contributed by atoms with Crippen molar-refractivity contribution in [2.75, 3.05) is 5.32 Å². The number of carbonyl (C=O) groups is 3. The summed E-state index contributed by atoms with van der Waals surface area (Å²) in [5.74, 6) is -3.70. The zero-order chi connectivity index (χ0) is 15.9. The number of nitrogens with two attached hydrogens (primary N) is 1. The second-order valence-electron chi connectivity index (χ2n) is 5.27. The third-order valence-corrected chi connectivity index (χ3v) is 3.92. The lowest BCUT2D eigenvalue weighted by Gasteiger charge is -2.21. The fourth-order valence-electron chi connectivity index (χ4n) is 2.86. The average molecular weight is 302 g/mol. The Morgan fingerprint density at radius 1 is 1.05 bits per heavy atom. The lowest BCUT2D eigenvalue weighted by molar-refractivity contribution is -0.145. The molecule has 0 spiro atoms. The van der Waals surface area contributed by atoms with Crippen molar-refractivity contribution < 1.29 is 24.2 Å². The van der Waals surface area contributed by atoms with E-state index in [-0.39, 0.29) is 0 Å². The number of benzene rings is 1. The SMILES string of the molecule is NC(=O)c1ccc(NC(=O)[C@H]2[C@@H](C(=O)O)[C@H]3C=C[C@H]2O3)cc1. The van der Waals surface area contributed by atoms with Gasteiger partial charge in [0.25, 0.3) is 0 Å². The van der Waals surface area contributed by atoms with Crippen LogP contribution in [0.15, 0.2) is 36.4 Å². The molecule has 0 aromatic heterocycles. The van der Waals surface area contributed by atoms with Gasteiger partial charge in [0.2, 0.25) is 11.8 Å². The Bertz CT molecular complexity index is 667. The molecule has 2 bridgehead atoms. The fraction of sp³-hybridized carbons (Fsp3) is 0.267. The minimum Gasteiger partial charge on any atom is -0.481 e. The predicted molar refractivity (Wildman–Crippen MR) is 76.0 cm³/mol. The Balaban J connectivity index is 1.75. The number of aliphatic carboxylic acids is 1. The molecular formula is C15H14N2O5. The van der Waals surface area contributed by atoms with Gasteiger partial charge in [-0.15, -0.1) is 0 Å². The lowest BCUT2D eigenvalue weighted by atomic mass is 9.82. The molecule has 4 atom stereocenters.